The molecule has 0 spiro atoms. The van der Waals surface area contributed by atoms with Crippen molar-refractivity contribution in [2.75, 3.05) is 41.7 Å². The summed E-state index contributed by atoms with van der Waals surface area (Å²) in [5.74, 6) is -1.06. The lowest BCUT2D eigenvalue weighted by Crippen LogP contribution is -2.43. The Morgan fingerprint density at radius 2 is 1.85 bits per heavy atom. The number of pyridine rings is 1. The Bertz CT molecular complexity index is 1680. The van der Waals surface area contributed by atoms with E-state index in [-0.39, 0.29) is 27.9 Å². The lowest BCUT2D eigenvalue weighted by molar-refractivity contribution is 0.0998. The van der Waals surface area contributed by atoms with Crippen LogP contribution in [0.2, 0.25) is 0 Å². The molecule has 0 bridgehead atoms. The minimum Gasteiger partial charge on any atom is -0.369 e. The summed E-state index contributed by atoms with van der Waals surface area (Å²) in [7, 11) is 0. The van der Waals surface area contributed by atoms with Gasteiger partial charge in [0.05, 0.1) is 0 Å². The Labute approximate surface area is 236 Å². The lowest BCUT2D eigenvalue weighted by Gasteiger charge is -2.30. The highest BCUT2D eigenvalue weighted by Gasteiger charge is 2.29. The first-order valence-corrected chi connectivity index (χ1v) is 13.6. The van der Waals surface area contributed by atoms with E-state index in [9.17, 15) is 9.59 Å². The number of fused-ring (bicyclic) bond motifs is 2. The van der Waals surface area contributed by atoms with Gasteiger partial charge in [0.1, 0.15) is 28.7 Å². The van der Waals surface area contributed by atoms with Crippen molar-refractivity contribution in [3.8, 4) is 11.3 Å². The summed E-state index contributed by atoms with van der Waals surface area (Å²) in [5.41, 5.74) is 10.3. The molecular weight excluding hydrogens is 523 g/mol. The van der Waals surface area contributed by atoms with Crippen LogP contribution in [-0.4, -0.2) is 52.8 Å². The maximum Gasteiger partial charge on any atom is 0.257 e. The maximum absolute atomic E-state index is 15.8. The average Bonchev–Trinajstić information content (AvgIpc) is 3.22. The fraction of sp³-hybridized carbons (Fsp3) is 0.267. The molecule has 10 nitrogen and oxygen atoms in total. The smallest absolute Gasteiger partial charge is 0.257 e. The SMILES string of the molecule is Cc1cccc(NC(=O)c2ccc(-c3nn4c(c3C(N)=O)Nc3ccc(N5CCNCC5)cc3CC4)c(F)c2C)n1. The minimum atomic E-state index is -0.723. The number of nitrogens with zero attached hydrogens (tertiary/aromatic N) is 4. The summed E-state index contributed by atoms with van der Waals surface area (Å²) in [4.78, 5) is 32.3. The van der Waals surface area contributed by atoms with Gasteiger partial charge in [-0.2, -0.15) is 5.10 Å². The van der Waals surface area contributed by atoms with E-state index < -0.39 is 17.6 Å². The standard InChI is InChI=1S/C30H31FN8O2/c1-17-4-3-5-24(34-17)36-30(41)21-7-8-22(26(31)18(21)2)27-25(28(32)40)29-35-23-9-6-20(38-14-11-33-12-15-38)16-19(23)10-13-39(29)37-27/h3-9,16,33,35H,10-15H2,1-2H3,(H2,32,40)(H,34,36,41). The number of halogens is 1. The van der Waals surface area contributed by atoms with Crippen LogP contribution in [-0.2, 0) is 13.0 Å². The maximum atomic E-state index is 15.8. The first kappa shape index (κ1) is 26.5. The van der Waals surface area contributed by atoms with Gasteiger partial charge in [-0.15, -0.1) is 0 Å². The van der Waals surface area contributed by atoms with E-state index in [1.165, 1.54) is 19.1 Å². The lowest BCUT2D eigenvalue weighted by atomic mass is 9.99. The number of nitrogens with two attached hydrogens (primary N) is 1. The number of primary amides is 1. The summed E-state index contributed by atoms with van der Waals surface area (Å²) in [6.45, 7) is 7.59. The van der Waals surface area contributed by atoms with Crippen molar-refractivity contribution in [1.82, 2.24) is 20.1 Å². The molecule has 2 aliphatic rings. The molecule has 11 heteroatoms. The summed E-state index contributed by atoms with van der Waals surface area (Å²) < 4.78 is 17.5. The van der Waals surface area contributed by atoms with E-state index in [4.69, 9.17) is 5.73 Å². The Morgan fingerprint density at radius 3 is 2.61 bits per heavy atom. The molecule has 4 heterocycles. The average molecular weight is 555 g/mol. The third-order valence-corrected chi connectivity index (χ3v) is 7.63. The Kier molecular flexibility index (Phi) is 6.88. The van der Waals surface area contributed by atoms with Crippen LogP contribution in [0.1, 0.15) is 37.5 Å². The van der Waals surface area contributed by atoms with Crippen LogP contribution >= 0.6 is 0 Å². The van der Waals surface area contributed by atoms with Crippen LogP contribution in [0.5, 0.6) is 0 Å². The zero-order valence-corrected chi connectivity index (χ0v) is 22.9. The van der Waals surface area contributed by atoms with Crippen molar-refractivity contribution >= 4 is 34.8 Å². The van der Waals surface area contributed by atoms with Gasteiger partial charge in [0.15, 0.2) is 0 Å². The van der Waals surface area contributed by atoms with Gasteiger partial charge in [-0.3, -0.25) is 9.59 Å². The summed E-state index contributed by atoms with van der Waals surface area (Å²) in [5, 5.41) is 14.1. The molecule has 2 aromatic carbocycles. The number of piperazine rings is 1. The number of hydrogen-bond acceptors (Lipinski definition) is 7. The van der Waals surface area contributed by atoms with E-state index >= 15 is 4.39 Å². The van der Waals surface area contributed by atoms with Crippen molar-refractivity contribution in [1.29, 1.82) is 0 Å². The normalized spacial score (nSPS) is 14.5. The molecule has 2 aromatic heterocycles. The van der Waals surface area contributed by atoms with E-state index in [1.54, 1.807) is 16.8 Å². The fourth-order valence-corrected chi connectivity index (χ4v) is 5.47. The molecule has 0 unspecified atom stereocenters. The van der Waals surface area contributed by atoms with Crippen molar-refractivity contribution in [2.45, 2.75) is 26.8 Å². The number of benzene rings is 2. The zero-order valence-electron chi connectivity index (χ0n) is 22.9. The van der Waals surface area contributed by atoms with E-state index in [0.29, 0.717) is 24.6 Å². The van der Waals surface area contributed by atoms with Gasteiger partial charge in [0.2, 0.25) is 0 Å². The van der Waals surface area contributed by atoms with Crippen molar-refractivity contribution in [3.63, 3.8) is 0 Å². The van der Waals surface area contributed by atoms with Crippen LogP contribution in [0.3, 0.4) is 0 Å². The summed E-state index contributed by atoms with van der Waals surface area (Å²) in [6.07, 6.45) is 0.669. The molecule has 210 valence electrons. The number of carbonyl (C=O) groups excluding carboxylic acids is 2. The summed E-state index contributed by atoms with van der Waals surface area (Å²) in [6, 6.07) is 14.5. The predicted octanol–water partition coefficient (Wildman–Crippen LogP) is 3.76. The van der Waals surface area contributed by atoms with E-state index in [0.717, 1.165) is 48.8 Å². The fourth-order valence-electron chi connectivity index (χ4n) is 5.47. The number of nitrogens with one attached hydrogen (secondary N) is 3. The van der Waals surface area contributed by atoms with Gasteiger partial charge >= 0.3 is 0 Å². The molecule has 1 fully saturated rings. The number of carbonyl (C=O) groups is 2. The zero-order chi connectivity index (χ0) is 28.7. The van der Waals surface area contributed by atoms with Crippen molar-refractivity contribution < 1.29 is 14.0 Å². The highest BCUT2D eigenvalue weighted by molar-refractivity contribution is 6.07. The molecule has 5 N–H and O–H groups in total. The van der Waals surface area contributed by atoms with Crippen LogP contribution in [0.15, 0.2) is 48.5 Å². The first-order valence-electron chi connectivity index (χ1n) is 13.6. The Hall–Kier alpha value is -4.77. The molecule has 0 radical (unpaired) electrons. The van der Waals surface area contributed by atoms with E-state index in [1.807, 2.05) is 19.1 Å². The molecule has 0 atom stereocenters. The second-order valence-electron chi connectivity index (χ2n) is 10.3. The predicted molar refractivity (Wildman–Crippen MR) is 156 cm³/mol. The van der Waals surface area contributed by atoms with Gasteiger partial charge in [0, 0.05) is 60.9 Å². The molecule has 41 heavy (non-hydrogen) atoms. The monoisotopic (exact) mass is 554 g/mol. The van der Waals surface area contributed by atoms with Crippen LogP contribution < -0.4 is 26.6 Å². The molecule has 2 amide bonds. The van der Waals surface area contributed by atoms with Gasteiger partial charge in [-0.05, 0) is 73.9 Å². The number of anilines is 4. The molecule has 0 aliphatic carbocycles. The first-order chi connectivity index (χ1) is 19.8. The minimum absolute atomic E-state index is 0.0955. The second kappa shape index (κ2) is 10.7. The number of hydrogen-bond donors (Lipinski definition) is 4. The van der Waals surface area contributed by atoms with Gasteiger partial charge in [0.25, 0.3) is 11.8 Å². The van der Waals surface area contributed by atoms with Crippen LogP contribution in [0.4, 0.5) is 27.4 Å². The van der Waals surface area contributed by atoms with Gasteiger partial charge in [-0.25, -0.2) is 14.1 Å². The highest BCUT2D eigenvalue weighted by atomic mass is 19.1. The second-order valence-corrected chi connectivity index (χ2v) is 10.3. The Balaban J connectivity index is 1.32. The molecule has 2 aliphatic heterocycles. The number of aromatic nitrogens is 3. The van der Waals surface area contributed by atoms with Gasteiger partial charge < -0.3 is 26.6 Å². The molecule has 4 aromatic rings. The Morgan fingerprint density at radius 1 is 1.05 bits per heavy atom. The van der Waals surface area contributed by atoms with Crippen molar-refractivity contribution in [2.24, 2.45) is 5.73 Å². The number of rotatable bonds is 5. The molecule has 1 saturated heterocycles. The molecule has 0 saturated carbocycles. The third-order valence-electron chi connectivity index (χ3n) is 7.63. The largest absolute Gasteiger partial charge is 0.369 e. The van der Waals surface area contributed by atoms with Crippen LogP contribution in [0, 0.1) is 19.7 Å². The number of aryl methyl sites for hydroxylation is 3. The molecule has 6 rings (SSSR count). The van der Waals surface area contributed by atoms with Gasteiger partial charge in [-0.1, -0.05) is 6.07 Å². The van der Waals surface area contributed by atoms with Crippen LogP contribution in [0.25, 0.3) is 11.3 Å². The number of amides is 2. The topological polar surface area (TPSA) is 130 Å². The van der Waals surface area contributed by atoms with E-state index in [2.05, 4.69) is 43.1 Å². The summed E-state index contributed by atoms with van der Waals surface area (Å²) >= 11 is 0. The van der Waals surface area contributed by atoms with Crippen molar-refractivity contribution in [3.05, 3.63) is 82.3 Å². The molecular formula is C30H31FN8O2. The highest BCUT2D eigenvalue weighted by Crippen LogP contribution is 2.37. The third kappa shape index (κ3) is 5.00. The quantitative estimate of drug-likeness (QED) is 0.296.